The Labute approximate surface area is 106 Å². The summed E-state index contributed by atoms with van der Waals surface area (Å²) in [4.78, 5) is 10.6. The van der Waals surface area contributed by atoms with Crippen LogP contribution in [0.15, 0.2) is 18.2 Å². The predicted molar refractivity (Wildman–Crippen MR) is 67.1 cm³/mol. The molecule has 2 aromatic rings. The number of hydrogen-bond donors (Lipinski definition) is 2. The molecule has 0 aliphatic rings. The lowest BCUT2D eigenvalue weighted by Crippen LogP contribution is -2.00. The third-order valence-corrected chi connectivity index (χ3v) is 2.68. The maximum atomic E-state index is 6.03. The van der Waals surface area contributed by atoms with Crippen molar-refractivity contribution in [3.63, 3.8) is 0 Å². The maximum absolute atomic E-state index is 6.03. The van der Waals surface area contributed by atoms with Crippen LogP contribution in [-0.2, 0) is 0 Å². The molecule has 1 aromatic carbocycles. The summed E-state index contributed by atoms with van der Waals surface area (Å²) in [6, 6.07) is 5.16. The fraction of sp³-hybridized carbons (Fsp3) is 0. The van der Waals surface area contributed by atoms with Crippen molar-refractivity contribution in [2.45, 2.75) is 0 Å². The van der Waals surface area contributed by atoms with Gasteiger partial charge < -0.3 is 10.7 Å². The highest BCUT2D eigenvalue weighted by molar-refractivity contribution is 7.71. The first kappa shape index (κ1) is 11.3. The number of benzene rings is 1. The van der Waals surface area contributed by atoms with Gasteiger partial charge in [-0.15, -0.1) is 0 Å². The number of aromatic amines is 1. The Morgan fingerprint density at radius 2 is 1.81 bits per heavy atom. The highest BCUT2D eigenvalue weighted by Crippen LogP contribution is 2.32. The zero-order valence-electron chi connectivity index (χ0n) is 7.87. The zero-order valence-corrected chi connectivity index (χ0v) is 10.2. The number of hydrogen-bond acceptors (Lipinski definition) is 4. The zero-order chi connectivity index (χ0) is 11.7. The van der Waals surface area contributed by atoms with Gasteiger partial charge in [0.05, 0.1) is 15.6 Å². The summed E-state index contributed by atoms with van der Waals surface area (Å²) in [6.45, 7) is 0. The molecular formula is C9H6Cl2N4S. The molecule has 2 rings (SSSR count). The Morgan fingerprint density at radius 3 is 2.38 bits per heavy atom. The van der Waals surface area contributed by atoms with Crippen molar-refractivity contribution in [2.75, 3.05) is 5.73 Å². The Hall–Kier alpha value is -1.17. The summed E-state index contributed by atoms with van der Waals surface area (Å²) in [5.41, 5.74) is 6.10. The Bertz CT molecular complexity index is 576. The molecule has 0 amide bonds. The minimum Gasteiger partial charge on any atom is -0.369 e. The predicted octanol–water partition coefficient (Wildman–Crippen LogP) is 3.09. The average Bonchev–Trinajstić information content (AvgIpc) is 2.15. The van der Waals surface area contributed by atoms with E-state index in [1.807, 2.05) is 0 Å². The second kappa shape index (κ2) is 4.37. The molecule has 1 heterocycles. The van der Waals surface area contributed by atoms with Crippen molar-refractivity contribution < 1.29 is 0 Å². The van der Waals surface area contributed by atoms with Gasteiger partial charge >= 0.3 is 0 Å². The van der Waals surface area contributed by atoms with E-state index in [0.29, 0.717) is 21.4 Å². The van der Waals surface area contributed by atoms with Crippen molar-refractivity contribution in [1.82, 2.24) is 15.0 Å². The summed E-state index contributed by atoms with van der Waals surface area (Å²) in [7, 11) is 0. The highest BCUT2D eigenvalue weighted by atomic mass is 35.5. The van der Waals surface area contributed by atoms with Crippen LogP contribution in [0.2, 0.25) is 10.0 Å². The van der Waals surface area contributed by atoms with E-state index in [0.717, 1.165) is 0 Å². The van der Waals surface area contributed by atoms with Gasteiger partial charge in [0.15, 0.2) is 0 Å². The van der Waals surface area contributed by atoms with Gasteiger partial charge in [-0.2, -0.15) is 4.98 Å². The SMILES string of the molecule is Nc1nc(=S)nc(-c2c(Cl)cccc2Cl)[nH]1. The van der Waals surface area contributed by atoms with Crippen LogP contribution in [-0.4, -0.2) is 15.0 Å². The van der Waals surface area contributed by atoms with Gasteiger partial charge in [-0.05, 0) is 24.4 Å². The molecule has 16 heavy (non-hydrogen) atoms. The molecule has 0 bridgehead atoms. The second-order valence-corrected chi connectivity index (χ2v) is 4.14. The molecule has 1 aromatic heterocycles. The summed E-state index contributed by atoms with van der Waals surface area (Å²) < 4.78 is 0.141. The number of halogens is 2. The Morgan fingerprint density at radius 1 is 1.19 bits per heavy atom. The summed E-state index contributed by atoms with van der Waals surface area (Å²) in [6.07, 6.45) is 0. The molecule has 3 N–H and O–H groups in total. The fourth-order valence-electron chi connectivity index (χ4n) is 1.24. The van der Waals surface area contributed by atoms with Crippen molar-refractivity contribution in [2.24, 2.45) is 0 Å². The van der Waals surface area contributed by atoms with Crippen LogP contribution in [0.4, 0.5) is 5.95 Å². The lowest BCUT2D eigenvalue weighted by atomic mass is 10.2. The first-order chi connectivity index (χ1) is 7.58. The van der Waals surface area contributed by atoms with Gasteiger partial charge in [0.25, 0.3) is 0 Å². The molecule has 0 aliphatic carbocycles. The number of nitrogen functional groups attached to an aromatic ring is 1. The van der Waals surface area contributed by atoms with Gasteiger partial charge in [-0.25, -0.2) is 4.98 Å². The van der Waals surface area contributed by atoms with Gasteiger partial charge in [0.2, 0.25) is 10.7 Å². The Kier molecular flexibility index (Phi) is 3.09. The standard InChI is InChI=1S/C9H6Cl2N4S/c10-4-2-1-3-5(11)6(4)7-13-8(12)15-9(16)14-7/h1-3H,(H3,12,13,14,15,16). The minimum atomic E-state index is 0.141. The van der Waals surface area contributed by atoms with Crippen molar-refractivity contribution in [3.8, 4) is 11.4 Å². The van der Waals surface area contributed by atoms with E-state index in [-0.39, 0.29) is 10.7 Å². The van der Waals surface area contributed by atoms with Crippen molar-refractivity contribution >= 4 is 41.4 Å². The first-order valence-corrected chi connectivity index (χ1v) is 5.42. The topological polar surface area (TPSA) is 67.6 Å². The van der Waals surface area contributed by atoms with Crippen LogP contribution in [0.3, 0.4) is 0 Å². The quantitative estimate of drug-likeness (QED) is 0.783. The fourth-order valence-corrected chi connectivity index (χ4v) is 2.01. The number of anilines is 1. The molecule has 0 saturated carbocycles. The summed E-state index contributed by atoms with van der Waals surface area (Å²) in [5.74, 6) is 0.582. The van der Waals surface area contributed by atoms with Crippen molar-refractivity contribution in [3.05, 3.63) is 33.0 Å². The summed E-state index contributed by atoms with van der Waals surface area (Å²) in [5, 5.41) is 0.938. The second-order valence-electron chi connectivity index (χ2n) is 2.96. The van der Waals surface area contributed by atoms with Crippen LogP contribution in [0.1, 0.15) is 0 Å². The first-order valence-electron chi connectivity index (χ1n) is 4.26. The largest absolute Gasteiger partial charge is 0.369 e. The molecule has 7 heteroatoms. The average molecular weight is 273 g/mol. The van der Waals surface area contributed by atoms with E-state index >= 15 is 0 Å². The molecule has 0 spiro atoms. The van der Waals surface area contributed by atoms with Crippen LogP contribution < -0.4 is 5.73 Å². The van der Waals surface area contributed by atoms with Crippen LogP contribution in [0.5, 0.6) is 0 Å². The number of nitrogens with two attached hydrogens (primary N) is 1. The monoisotopic (exact) mass is 272 g/mol. The molecule has 0 atom stereocenters. The van der Waals surface area contributed by atoms with Gasteiger partial charge in [-0.1, -0.05) is 29.3 Å². The third kappa shape index (κ3) is 2.16. The lowest BCUT2D eigenvalue weighted by molar-refractivity contribution is 1.05. The molecule has 0 fully saturated rings. The van der Waals surface area contributed by atoms with E-state index in [4.69, 9.17) is 41.2 Å². The number of aromatic nitrogens is 3. The molecule has 82 valence electrons. The molecule has 4 nitrogen and oxygen atoms in total. The normalized spacial score (nSPS) is 10.4. The van der Waals surface area contributed by atoms with Gasteiger partial charge in [-0.3, -0.25) is 0 Å². The maximum Gasteiger partial charge on any atom is 0.224 e. The smallest absolute Gasteiger partial charge is 0.224 e. The van der Waals surface area contributed by atoms with Crippen LogP contribution >= 0.6 is 35.4 Å². The van der Waals surface area contributed by atoms with Gasteiger partial charge in [0.1, 0.15) is 5.82 Å². The number of rotatable bonds is 1. The van der Waals surface area contributed by atoms with E-state index in [9.17, 15) is 0 Å². The minimum absolute atomic E-state index is 0.141. The number of nitrogens with zero attached hydrogens (tertiary/aromatic N) is 2. The van der Waals surface area contributed by atoms with E-state index < -0.39 is 0 Å². The molecule has 0 unspecified atom stereocenters. The molecule has 0 saturated heterocycles. The van der Waals surface area contributed by atoms with E-state index in [2.05, 4.69) is 15.0 Å². The Balaban J connectivity index is 2.72. The van der Waals surface area contributed by atoms with E-state index in [1.165, 1.54) is 0 Å². The van der Waals surface area contributed by atoms with Crippen molar-refractivity contribution in [1.29, 1.82) is 0 Å². The molecule has 0 aliphatic heterocycles. The van der Waals surface area contributed by atoms with Crippen LogP contribution in [0.25, 0.3) is 11.4 Å². The van der Waals surface area contributed by atoms with E-state index in [1.54, 1.807) is 18.2 Å². The molecular weight excluding hydrogens is 267 g/mol. The third-order valence-electron chi connectivity index (χ3n) is 1.87. The molecule has 0 radical (unpaired) electrons. The summed E-state index contributed by atoms with van der Waals surface area (Å²) >= 11 is 16.9. The van der Waals surface area contributed by atoms with Crippen LogP contribution in [0, 0.1) is 4.77 Å². The number of nitrogens with one attached hydrogen (secondary N) is 1. The number of H-pyrrole nitrogens is 1. The lowest BCUT2D eigenvalue weighted by Gasteiger charge is -2.06. The van der Waals surface area contributed by atoms with Gasteiger partial charge in [0, 0.05) is 0 Å². The highest BCUT2D eigenvalue weighted by Gasteiger charge is 2.10.